The van der Waals surface area contributed by atoms with Gasteiger partial charge in [-0.05, 0) is 24.3 Å². The van der Waals surface area contributed by atoms with Gasteiger partial charge in [-0.15, -0.1) is 0 Å². The van der Waals surface area contributed by atoms with Crippen molar-refractivity contribution in [3.8, 4) is 0 Å². The summed E-state index contributed by atoms with van der Waals surface area (Å²) in [6.45, 7) is 0. The highest BCUT2D eigenvalue weighted by atomic mass is 35.5. The summed E-state index contributed by atoms with van der Waals surface area (Å²) in [6, 6.07) is 9.50. The Balaban J connectivity index is 2.20. The van der Waals surface area contributed by atoms with Crippen LogP contribution >= 0.6 is 11.6 Å². The van der Waals surface area contributed by atoms with Gasteiger partial charge in [0.15, 0.2) is 0 Å². The zero-order valence-electron chi connectivity index (χ0n) is 12.3. The molecule has 0 aliphatic rings. The first-order valence-corrected chi connectivity index (χ1v) is 8.76. The molecule has 2 aromatic rings. The number of carbonyl (C=O) groups excluding carboxylic acids is 1. The van der Waals surface area contributed by atoms with Gasteiger partial charge >= 0.3 is 0 Å². The maximum atomic E-state index is 12.2. The molecule has 0 saturated carbocycles. The fraction of sp³-hybridized carbons (Fsp3) is 0.0714. The summed E-state index contributed by atoms with van der Waals surface area (Å²) in [5.74, 6) is -0.539. The van der Waals surface area contributed by atoms with E-state index < -0.39 is 20.9 Å². The average molecular weight is 370 g/mol. The van der Waals surface area contributed by atoms with Crippen molar-refractivity contribution >= 4 is 44.6 Å². The van der Waals surface area contributed by atoms with E-state index in [0.29, 0.717) is 0 Å². The van der Waals surface area contributed by atoms with Crippen molar-refractivity contribution in [2.75, 3.05) is 16.3 Å². The Hall–Kier alpha value is -2.65. The normalized spacial score (nSPS) is 10.9. The van der Waals surface area contributed by atoms with E-state index in [1.165, 1.54) is 42.5 Å². The van der Waals surface area contributed by atoms with Gasteiger partial charge < -0.3 is 5.32 Å². The molecule has 0 aromatic heterocycles. The number of carbonyl (C=O) groups is 1. The molecule has 0 bridgehead atoms. The first-order chi connectivity index (χ1) is 11.2. The molecule has 0 atom stereocenters. The number of anilines is 2. The van der Waals surface area contributed by atoms with Crippen LogP contribution in [-0.2, 0) is 10.0 Å². The predicted molar refractivity (Wildman–Crippen MR) is 91.0 cm³/mol. The largest absolute Gasteiger partial charge is 0.322 e. The number of halogens is 1. The molecule has 2 N–H and O–H groups in total. The maximum absolute atomic E-state index is 12.2. The molecule has 0 aliphatic heterocycles. The minimum atomic E-state index is -3.49. The monoisotopic (exact) mass is 369 g/mol. The number of non-ortho nitro benzene ring substituents is 1. The van der Waals surface area contributed by atoms with Crippen LogP contribution in [0, 0.1) is 10.1 Å². The highest BCUT2D eigenvalue weighted by Crippen LogP contribution is 2.25. The fourth-order valence-corrected chi connectivity index (χ4v) is 2.70. The number of nitro benzene ring substituents is 1. The van der Waals surface area contributed by atoms with Crippen LogP contribution in [0.2, 0.25) is 5.02 Å². The summed E-state index contributed by atoms with van der Waals surface area (Å²) in [5, 5.41) is 13.3. The van der Waals surface area contributed by atoms with Gasteiger partial charge in [-0.3, -0.25) is 19.6 Å². The molecule has 0 heterocycles. The van der Waals surface area contributed by atoms with Crippen LogP contribution in [0.3, 0.4) is 0 Å². The minimum absolute atomic E-state index is 0.0483. The van der Waals surface area contributed by atoms with E-state index >= 15 is 0 Å². The van der Waals surface area contributed by atoms with Crippen molar-refractivity contribution in [2.24, 2.45) is 0 Å². The van der Waals surface area contributed by atoms with Crippen LogP contribution in [-0.4, -0.2) is 25.5 Å². The molecule has 0 aliphatic carbocycles. The molecular weight excluding hydrogens is 358 g/mol. The quantitative estimate of drug-likeness (QED) is 0.620. The van der Waals surface area contributed by atoms with Crippen LogP contribution in [0.15, 0.2) is 42.5 Å². The highest BCUT2D eigenvalue weighted by Gasteiger charge is 2.13. The Morgan fingerprint density at radius 1 is 1.21 bits per heavy atom. The Morgan fingerprint density at radius 2 is 1.92 bits per heavy atom. The molecule has 126 valence electrons. The van der Waals surface area contributed by atoms with E-state index in [0.717, 1.165) is 6.26 Å². The molecule has 0 spiro atoms. The van der Waals surface area contributed by atoms with Crippen LogP contribution in [0.1, 0.15) is 10.4 Å². The van der Waals surface area contributed by atoms with E-state index in [9.17, 15) is 23.3 Å². The number of hydrogen-bond donors (Lipinski definition) is 2. The second-order valence-corrected chi connectivity index (χ2v) is 6.99. The van der Waals surface area contributed by atoms with Crippen molar-refractivity contribution in [1.29, 1.82) is 0 Å². The van der Waals surface area contributed by atoms with Gasteiger partial charge in [-0.2, -0.15) is 0 Å². The Labute approximate surface area is 142 Å². The van der Waals surface area contributed by atoms with Gasteiger partial charge in [-0.25, -0.2) is 8.42 Å². The average Bonchev–Trinajstić information content (AvgIpc) is 2.48. The molecule has 0 fully saturated rings. The second kappa shape index (κ2) is 6.85. The van der Waals surface area contributed by atoms with Gasteiger partial charge in [0.05, 0.1) is 21.9 Å². The molecule has 8 nitrogen and oxygen atoms in total. The summed E-state index contributed by atoms with van der Waals surface area (Å²) in [4.78, 5) is 22.3. The molecule has 24 heavy (non-hydrogen) atoms. The molecule has 0 saturated heterocycles. The van der Waals surface area contributed by atoms with Crippen molar-refractivity contribution < 1.29 is 18.1 Å². The van der Waals surface area contributed by atoms with Crippen LogP contribution in [0.25, 0.3) is 0 Å². The Bertz CT molecular complexity index is 914. The summed E-state index contributed by atoms with van der Waals surface area (Å²) < 4.78 is 24.6. The molecule has 10 heteroatoms. The summed E-state index contributed by atoms with van der Waals surface area (Å²) in [7, 11) is -3.49. The van der Waals surface area contributed by atoms with Crippen LogP contribution in [0.5, 0.6) is 0 Å². The summed E-state index contributed by atoms with van der Waals surface area (Å²) in [5.41, 5.74) is 0.416. The SMILES string of the molecule is CS(=O)(=O)Nc1ccc(C(=O)Nc2cccc([N+](=O)[O-])c2)cc1Cl. The predicted octanol–water partition coefficient (Wildman–Crippen LogP) is 2.87. The Morgan fingerprint density at radius 3 is 2.50 bits per heavy atom. The smallest absolute Gasteiger partial charge is 0.271 e. The number of hydrogen-bond acceptors (Lipinski definition) is 5. The molecule has 0 unspecified atom stereocenters. The van der Waals surface area contributed by atoms with Crippen LogP contribution < -0.4 is 10.0 Å². The zero-order chi connectivity index (χ0) is 17.9. The third-order valence-corrected chi connectivity index (χ3v) is 3.74. The number of nitrogens with one attached hydrogen (secondary N) is 2. The van der Waals surface area contributed by atoms with Gasteiger partial charge in [0.2, 0.25) is 10.0 Å². The van der Waals surface area contributed by atoms with Gasteiger partial charge in [0.25, 0.3) is 11.6 Å². The lowest BCUT2D eigenvalue weighted by Crippen LogP contribution is -2.13. The van der Waals surface area contributed by atoms with E-state index in [1.807, 2.05) is 0 Å². The van der Waals surface area contributed by atoms with E-state index in [1.54, 1.807) is 0 Å². The third kappa shape index (κ3) is 4.67. The van der Waals surface area contributed by atoms with Gasteiger partial charge in [0, 0.05) is 23.4 Å². The van der Waals surface area contributed by atoms with E-state index in [4.69, 9.17) is 11.6 Å². The molecule has 2 aromatic carbocycles. The van der Waals surface area contributed by atoms with E-state index in [2.05, 4.69) is 10.0 Å². The fourth-order valence-electron chi connectivity index (χ4n) is 1.84. The first-order valence-electron chi connectivity index (χ1n) is 6.49. The number of sulfonamides is 1. The third-order valence-electron chi connectivity index (χ3n) is 2.84. The number of nitrogens with zero attached hydrogens (tertiary/aromatic N) is 1. The van der Waals surface area contributed by atoms with E-state index in [-0.39, 0.29) is 27.6 Å². The minimum Gasteiger partial charge on any atom is -0.322 e. The second-order valence-electron chi connectivity index (χ2n) is 4.83. The van der Waals surface area contributed by atoms with Crippen molar-refractivity contribution in [1.82, 2.24) is 0 Å². The van der Waals surface area contributed by atoms with Crippen molar-refractivity contribution in [3.05, 3.63) is 63.2 Å². The lowest BCUT2D eigenvalue weighted by Gasteiger charge is -2.09. The van der Waals surface area contributed by atoms with Gasteiger partial charge in [0.1, 0.15) is 0 Å². The zero-order valence-corrected chi connectivity index (χ0v) is 13.9. The van der Waals surface area contributed by atoms with Crippen molar-refractivity contribution in [2.45, 2.75) is 0 Å². The number of amides is 1. The lowest BCUT2D eigenvalue weighted by atomic mass is 10.2. The number of benzene rings is 2. The molecule has 2 rings (SSSR count). The van der Waals surface area contributed by atoms with Crippen molar-refractivity contribution in [3.63, 3.8) is 0 Å². The molecule has 0 radical (unpaired) electrons. The standard InChI is InChI=1S/C14H12ClN3O5S/c1-24(22,23)17-13-6-5-9(7-12(13)15)14(19)16-10-3-2-4-11(8-10)18(20)21/h2-8,17H,1H3,(H,16,19). The van der Waals surface area contributed by atoms with Gasteiger partial charge in [-0.1, -0.05) is 17.7 Å². The lowest BCUT2D eigenvalue weighted by molar-refractivity contribution is -0.384. The number of rotatable bonds is 5. The molecular formula is C14H12ClN3O5S. The van der Waals surface area contributed by atoms with Crippen LogP contribution in [0.4, 0.5) is 17.1 Å². The Kier molecular flexibility index (Phi) is 5.05. The topological polar surface area (TPSA) is 118 Å². The first kappa shape index (κ1) is 17.7. The highest BCUT2D eigenvalue weighted by molar-refractivity contribution is 7.92. The summed E-state index contributed by atoms with van der Waals surface area (Å²) in [6.07, 6.45) is 0.978. The molecule has 1 amide bonds. The summed E-state index contributed by atoms with van der Waals surface area (Å²) >= 11 is 5.95. The number of nitro groups is 1. The maximum Gasteiger partial charge on any atom is 0.271 e.